The Morgan fingerprint density at radius 3 is 2.68 bits per heavy atom. The van der Waals surface area contributed by atoms with Gasteiger partial charge in [-0.25, -0.2) is 0 Å². The second-order valence-electron chi connectivity index (χ2n) is 5.33. The predicted molar refractivity (Wildman–Crippen MR) is 75.0 cm³/mol. The van der Waals surface area contributed by atoms with Crippen molar-refractivity contribution >= 4 is 17.2 Å². The smallest absolute Gasteiger partial charge is 0.252 e. The molecular weight excluding hydrogens is 258 g/mol. The number of carbonyl (C=O) groups excluding carboxylic acids is 1. The highest BCUT2D eigenvalue weighted by molar-refractivity contribution is 7.10. The molecule has 0 saturated heterocycles. The molecule has 0 atom stereocenters. The molecule has 3 nitrogen and oxygen atoms in total. The first-order valence-electron chi connectivity index (χ1n) is 6.77. The molecule has 2 aliphatic rings. The molecule has 0 aromatic carbocycles. The van der Waals surface area contributed by atoms with E-state index >= 15 is 0 Å². The van der Waals surface area contributed by atoms with Crippen molar-refractivity contribution in [2.45, 2.75) is 31.7 Å². The molecule has 2 saturated carbocycles. The van der Waals surface area contributed by atoms with Gasteiger partial charge in [0.05, 0.1) is 10.4 Å². The molecule has 1 aromatic rings. The fourth-order valence-electron chi connectivity index (χ4n) is 2.41. The predicted octanol–water partition coefficient (Wildman–Crippen LogP) is 2.01. The maximum absolute atomic E-state index is 12.2. The van der Waals surface area contributed by atoms with Crippen molar-refractivity contribution in [3.05, 3.63) is 21.9 Å². The molecule has 1 amide bonds. The molecule has 0 spiro atoms. The van der Waals surface area contributed by atoms with Crippen LogP contribution in [0.4, 0.5) is 0 Å². The average Bonchev–Trinajstić information content (AvgIpc) is 3.32. The van der Waals surface area contributed by atoms with E-state index in [1.165, 1.54) is 37.0 Å². The van der Waals surface area contributed by atoms with Gasteiger partial charge in [-0.15, -0.1) is 11.3 Å². The van der Waals surface area contributed by atoms with E-state index < -0.39 is 0 Å². The fourth-order valence-corrected chi connectivity index (χ4v) is 3.17. The van der Waals surface area contributed by atoms with E-state index in [0.29, 0.717) is 23.4 Å². The van der Waals surface area contributed by atoms with Crippen LogP contribution in [0.2, 0.25) is 0 Å². The lowest BCUT2D eigenvalue weighted by molar-refractivity contribution is 0.0927. The molecule has 3 rings (SSSR count). The third kappa shape index (κ3) is 3.17. The molecule has 2 N–H and O–H groups in total. The van der Waals surface area contributed by atoms with Gasteiger partial charge in [0.15, 0.2) is 0 Å². The Hall–Kier alpha value is -1.31. The van der Waals surface area contributed by atoms with E-state index in [1.807, 2.05) is 5.38 Å². The average molecular weight is 275 g/mol. The van der Waals surface area contributed by atoms with Crippen molar-refractivity contribution in [2.24, 2.45) is 11.8 Å². The fraction of sp³-hybridized carbons (Fsp3) is 0.533. The van der Waals surface area contributed by atoms with Gasteiger partial charge in [-0.1, -0.05) is 11.8 Å². The highest BCUT2D eigenvalue weighted by Crippen LogP contribution is 2.44. The van der Waals surface area contributed by atoms with Crippen LogP contribution >= 0.6 is 11.3 Å². The van der Waals surface area contributed by atoms with Crippen molar-refractivity contribution in [2.75, 3.05) is 6.61 Å². The number of hydrogen-bond acceptors (Lipinski definition) is 3. The van der Waals surface area contributed by atoms with Crippen LogP contribution in [-0.4, -0.2) is 23.7 Å². The van der Waals surface area contributed by atoms with Gasteiger partial charge in [-0.05, 0) is 43.6 Å². The highest BCUT2D eigenvalue weighted by Gasteiger charge is 2.42. The normalized spacial score (nSPS) is 18.0. The molecule has 0 radical (unpaired) electrons. The van der Waals surface area contributed by atoms with Crippen LogP contribution in [0.3, 0.4) is 0 Å². The molecule has 1 heterocycles. The summed E-state index contributed by atoms with van der Waals surface area (Å²) >= 11 is 1.45. The molecule has 4 heteroatoms. The van der Waals surface area contributed by atoms with Gasteiger partial charge in [0.2, 0.25) is 0 Å². The van der Waals surface area contributed by atoms with Gasteiger partial charge in [0.25, 0.3) is 5.91 Å². The summed E-state index contributed by atoms with van der Waals surface area (Å²) in [4.78, 5) is 13.0. The van der Waals surface area contributed by atoms with Crippen LogP contribution in [0, 0.1) is 23.7 Å². The Kier molecular flexibility index (Phi) is 3.58. The van der Waals surface area contributed by atoms with Crippen molar-refractivity contribution in [1.82, 2.24) is 5.32 Å². The molecule has 0 bridgehead atoms. The SMILES string of the molecule is O=C(NC(C1CC1)C1CC1)c1csc(C#CCO)c1. The summed E-state index contributed by atoms with van der Waals surface area (Å²) in [7, 11) is 0. The Balaban J connectivity index is 1.64. The van der Waals surface area contributed by atoms with Gasteiger partial charge in [-0.2, -0.15) is 0 Å². The summed E-state index contributed by atoms with van der Waals surface area (Å²) in [6.07, 6.45) is 5.05. The number of amides is 1. The monoisotopic (exact) mass is 275 g/mol. The Labute approximate surface area is 117 Å². The number of hydrogen-bond donors (Lipinski definition) is 2. The Bertz CT molecular complexity index is 520. The minimum Gasteiger partial charge on any atom is -0.384 e. The lowest BCUT2D eigenvalue weighted by Gasteiger charge is -2.16. The second-order valence-corrected chi connectivity index (χ2v) is 6.24. The number of nitrogens with one attached hydrogen (secondary N) is 1. The maximum atomic E-state index is 12.2. The third-order valence-corrected chi connectivity index (χ3v) is 4.56. The topological polar surface area (TPSA) is 49.3 Å². The van der Waals surface area contributed by atoms with Gasteiger partial charge < -0.3 is 10.4 Å². The quantitative estimate of drug-likeness (QED) is 0.826. The first-order valence-corrected chi connectivity index (χ1v) is 7.65. The number of rotatable bonds is 4. The van der Waals surface area contributed by atoms with E-state index in [9.17, 15) is 4.79 Å². The Morgan fingerprint density at radius 2 is 2.11 bits per heavy atom. The summed E-state index contributed by atoms with van der Waals surface area (Å²) in [5, 5.41) is 13.7. The first kappa shape index (κ1) is 12.7. The van der Waals surface area contributed by atoms with Gasteiger partial charge in [0, 0.05) is 11.4 Å². The standard InChI is InChI=1S/C15H17NO2S/c17-7-1-2-13-8-12(9-19-13)15(18)16-14(10-3-4-10)11-5-6-11/h8-11,14,17H,3-7H2,(H,16,18). The van der Waals surface area contributed by atoms with E-state index in [2.05, 4.69) is 17.2 Å². The largest absolute Gasteiger partial charge is 0.384 e. The van der Waals surface area contributed by atoms with Crippen LogP contribution in [0.5, 0.6) is 0 Å². The summed E-state index contributed by atoms with van der Waals surface area (Å²) in [6.45, 7) is -0.148. The summed E-state index contributed by atoms with van der Waals surface area (Å²) in [5.41, 5.74) is 0.693. The summed E-state index contributed by atoms with van der Waals surface area (Å²) in [6, 6.07) is 2.19. The second kappa shape index (κ2) is 5.36. The van der Waals surface area contributed by atoms with E-state index in [-0.39, 0.29) is 12.5 Å². The van der Waals surface area contributed by atoms with Crippen LogP contribution in [-0.2, 0) is 0 Å². The molecule has 19 heavy (non-hydrogen) atoms. The van der Waals surface area contributed by atoms with Crippen molar-refractivity contribution < 1.29 is 9.90 Å². The number of carbonyl (C=O) groups is 1. The maximum Gasteiger partial charge on any atom is 0.252 e. The van der Waals surface area contributed by atoms with Gasteiger partial charge >= 0.3 is 0 Å². The zero-order valence-electron chi connectivity index (χ0n) is 10.7. The summed E-state index contributed by atoms with van der Waals surface area (Å²) in [5.74, 6) is 6.88. The molecule has 1 aromatic heterocycles. The zero-order chi connectivity index (χ0) is 13.2. The van der Waals surface area contributed by atoms with Crippen molar-refractivity contribution in [3.8, 4) is 11.8 Å². The molecule has 100 valence electrons. The molecule has 0 unspecified atom stereocenters. The minimum atomic E-state index is -0.148. The van der Waals surface area contributed by atoms with Gasteiger partial charge in [0.1, 0.15) is 6.61 Å². The van der Waals surface area contributed by atoms with Gasteiger partial charge in [-0.3, -0.25) is 4.79 Å². The van der Waals surface area contributed by atoms with Crippen LogP contribution in [0.1, 0.15) is 40.9 Å². The molecular formula is C15H17NO2S. The molecule has 2 aliphatic carbocycles. The lowest BCUT2D eigenvalue weighted by Crippen LogP contribution is -2.37. The minimum absolute atomic E-state index is 0.0251. The van der Waals surface area contributed by atoms with E-state index in [0.717, 1.165) is 4.88 Å². The van der Waals surface area contributed by atoms with E-state index in [1.54, 1.807) is 6.07 Å². The lowest BCUT2D eigenvalue weighted by atomic mass is 10.1. The number of aliphatic hydroxyl groups is 1. The van der Waals surface area contributed by atoms with Crippen LogP contribution in [0.15, 0.2) is 11.4 Å². The zero-order valence-corrected chi connectivity index (χ0v) is 11.5. The van der Waals surface area contributed by atoms with E-state index in [4.69, 9.17) is 5.11 Å². The summed E-state index contributed by atoms with van der Waals surface area (Å²) < 4.78 is 0. The van der Waals surface area contributed by atoms with Crippen molar-refractivity contribution in [3.63, 3.8) is 0 Å². The van der Waals surface area contributed by atoms with Crippen molar-refractivity contribution in [1.29, 1.82) is 0 Å². The molecule has 0 aliphatic heterocycles. The highest BCUT2D eigenvalue weighted by atomic mass is 32.1. The van der Waals surface area contributed by atoms with Crippen LogP contribution in [0.25, 0.3) is 0 Å². The first-order chi connectivity index (χ1) is 9.28. The Morgan fingerprint density at radius 1 is 1.42 bits per heavy atom. The molecule has 2 fully saturated rings. The van der Waals surface area contributed by atoms with Crippen LogP contribution < -0.4 is 5.32 Å². The third-order valence-electron chi connectivity index (χ3n) is 3.71. The number of aliphatic hydroxyl groups excluding tert-OH is 1. The number of thiophene rings is 1.